The van der Waals surface area contributed by atoms with Crippen molar-refractivity contribution < 1.29 is 18.7 Å². The molecule has 0 unspecified atom stereocenters. The molecule has 2 saturated carbocycles. The first kappa shape index (κ1) is 37.4. The van der Waals surface area contributed by atoms with Crippen LogP contribution in [-0.4, -0.2) is 34.8 Å². The molecule has 4 nitrogen and oxygen atoms in total. The Kier molecular flexibility index (Phi) is 10.4. The second kappa shape index (κ2) is 12.8. The van der Waals surface area contributed by atoms with Gasteiger partial charge in [0.05, 0.1) is 5.76 Å². The maximum absolute atomic E-state index is 12.4. The summed E-state index contributed by atoms with van der Waals surface area (Å²) in [5.74, 6) is 7.40. The lowest BCUT2D eigenvalue weighted by Gasteiger charge is -2.61. The van der Waals surface area contributed by atoms with Gasteiger partial charge in [-0.3, -0.25) is 0 Å². The summed E-state index contributed by atoms with van der Waals surface area (Å²) >= 11 is 0. The van der Waals surface area contributed by atoms with Gasteiger partial charge in [0.1, 0.15) is 20.3 Å². The summed E-state index contributed by atoms with van der Waals surface area (Å²) in [5.41, 5.74) is 5.21. The van der Waals surface area contributed by atoms with Crippen LogP contribution in [0.25, 0.3) is 0 Å². The summed E-state index contributed by atoms with van der Waals surface area (Å²) in [6.07, 6.45) is 11.9. The third-order valence-electron chi connectivity index (χ3n) is 13.1. The highest BCUT2D eigenvalue weighted by Crippen LogP contribution is 2.69. The minimum atomic E-state index is -1.86. The fourth-order valence-electron chi connectivity index (χ4n) is 9.54. The zero-order valence-electron chi connectivity index (χ0n) is 32.3. The van der Waals surface area contributed by atoms with Crippen molar-refractivity contribution >= 4 is 22.5 Å². The molecule has 6 heteroatoms. The van der Waals surface area contributed by atoms with E-state index < -0.39 is 22.5 Å². The first-order valence-electron chi connectivity index (χ1n) is 18.4. The van der Waals surface area contributed by atoms with Gasteiger partial charge in [-0.05, 0) is 118 Å². The van der Waals surface area contributed by atoms with E-state index in [4.69, 9.17) is 13.9 Å². The van der Waals surface area contributed by atoms with Crippen molar-refractivity contribution in [3.8, 4) is 11.5 Å². The molecule has 1 saturated heterocycles. The van der Waals surface area contributed by atoms with Gasteiger partial charge in [0.25, 0.3) is 0 Å². The zero-order chi connectivity index (χ0) is 34.7. The second-order valence-corrected chi connectivity index (χ2v) is 29.0. The third kappa shape index (κ3) is 7.41. The van der Waals surface area contributed by atoms with E-state index in [1.165, 1.54) is 24.2 Å². The van der Waals surface area contributed by atoms with Crippen LogP contribution in [0.1, 0.15) is 114 Å². The van der Waals surface area contributed by atoms with Crippen molar-refractivity contribution in [3.05, 3.63) is 23.5 Å². The number of carbonyl (C=O) groups excluding carboxylic acids is 1. The topological polar surface area (TPSA) is 44.8 Å². The van der Waals surface area contributed by atoms with Gasteiger partial charge in [0, 0.05) is 17.3 Å². The predicted octanol–water partition coefficient (Wildman–Crippen LogP) is 11.6. The molecular weight excluding hydrogens is 601 g/mol. The van der Waals surface area contributed by atoms with Crippen LogP contribution < -0.4 is 0 Å². The molecule has 0 N–H and O–H groups in total. The van der Waals surface area contributed by atoms with Gasteiger partial charge in [0.15, 0.2) is 0 Å². The molecule has 9 atom stereocenters. The summed E-state index contributed by atoms with van der Waals surface area (Å²) in [4.78, 5) is 12.4. The Morgan fingerprint density at radius 3 is 2.30 bits per heavy atom. The third-order valence-corrected chi connectivity index (χ3v) is 18.5. The van der Waals surface area contributed by atoms with Crippen LogP contribution in [-0.2, 0) is 13.9 Å². The highest BCUT2D eigenvalue weighted by atomic mass is 28.4. The smallest absolute Gasteiger partial charge is 0.509 e. The minimum absolute atomic E-state index is 0.0238. The van der Waals surface area contributed by atoms with Crippen LogP contribution >= 0.6 is 0 Å². The average molecular weight is 669 g/mol. The van der Waals surface area contributed by atoms with Gasteiger partial charge in [-0.25, -0.2) is 4.79 Å². The molecule has 0 aromatic rings. The van der Waals surface area contributed by atoms with E-state index in [9.17, 15) is 4.79 Å². The monoisotopic (exact) mass is 668 g/mol. The molecule has 46 heavy (non-hydrogen) atoms. The van der Waals surface area contributed by atoms with Crippen LogP contribution in [0.2, 0.25) is 37.8 Å². The molecule has 0 aromatic carbocycles. The van der Waals surface area contributed by atoms with Gasteiger partial charge in [0.2, 0.25) is 8.32 Å². The Morgan fingerprint density at radius 1 is 1.07 bits per heavy atom. The van der Waals surface area contributed by atoms with Crippen molar-refractivity contribution in [2.75, 3.05) is 0 Å². The molecule has 0 bridgehead atoms. The van der Waals surface area contributed by atoms with Gasteiger partial charge in [-0.15, -0.1) is 11.5 Å². The SMILES string of the molecule is CC(C)=CCC[C@@H](C)[C@H](C#C[Si](C)(C)C(C)(C)C)CC[C@]1(C)C=C(O[Si](C)(C)C)[C@@H]2[C@H]1CC[C@H]1C(C)(C)[C@H]3OC(=O)O[C@H]3C[C@]21C. The molecule has 0 spiro atoms. The Balaban J connectivity index is 1.67. The van der Waals surface area contributed by atoms with Crippen molar-refractivity contribution in [2.24, 2.45) is 45.8 Å². The lowest BCUT2D eigenvalue weighted by atomic mass is 9.44. The Bertz CT molecular complexity index is 1270. The van der Waals surface area contributed by atoms with Crippen molar-refractivity contribution in [1.29, 1.82) is 0 Å². The van der Waals surface area contributed by atoms with Gasteiger partial charge >= 0.3 is 6.16 Å². The standard InChI is InChI=1S/C40H68O4Si2/c1-27(2)17-16-18-28(3)29(22-24-46(14,15)37(4,5)6)21-23-39(9)25-31(44-45(11,12)13)34-30(39)19-20-33-38(7,8)35-32(26-40(33,34)10)42-36(41)43-35/h17,25,28-30,32-35H,16,18-21,23,26H2,1-15H3/t28-,29+,30-,32+,33+,34+,35+,39-,40+/m1/s1. The first-order chi connectivity index (χ1) is 20.9. The Hall–Kier alpha value is -1.46. The lowest BCUT2D eigenvalue weighted by molar-refractivity contribution is -0.163. The maximum Gasteiger partial charge on any atom is 0.509 e. The Labute approximate surface area is 285 Å². The van der Waals surface area contributed by atoms with Crippen LogP contribution in [0.3, 0.4) is 0 Å². The first-order valence-corrected chi connectivity index (χ1v) is 24.8. The van der Waals surface area contributed by atoms with Gasteiger partial charge < -0.3 is 13.9 Å². The molecular formula is C40H68O4Si2. The molecule has 3 aliphatic carbocycles. The van der Waals surface area contributed by atoms with E-state index in [2.05, 4.69) is 126 Å². The van der Waals surface area contributed by atoms with E-state index in [1.54, 1.807) is 0 Å². The van der Waals surface area contributed by atoms with E-state index in [-0.39, 0.29) is 33.5 Å². The molecule has 1 aliphatic heterocycles. The maximum atomic E-state index is 12.4. The van der Waals surface area contributed by atoms with Gasteiger partial charge in [-0.2, -0.15) is 0 Å². The number of ether oxygens (including phenoxy) is 2. The number of rotatable bonds is 9. The average Bonchev–Trinajstić information content (AvgIpc) is 3.39. The van der Waals surface area contributed by atoms with Crippen molar-refractivity contribution in [2.45, 2.75) is 164 Å². The lowest BCUT2D eigenvalue weighted by Crippen LogP contribution is -2.61. The molecule has 260 valence electrons. The van der Waals surface area contributed by atoms with E-state index in [1.807, 2.05) is 0 Å². The molecule has 1 heterocycles. The highest BCUT2D eigenvalue weighted by molar-refractivity contribution is 6.87. The normalized spacial score (nSPS) is 34.8. The molecule has 0 amide bonds. The summed E-state index contributed by atoms with van der Waals surface area (Å²) in [7, 11) is -3.58. The Morgan fingerprint density at radius 2 is 1.72 bits per heavy atom. The number of hydrogen-bond donors (Lipinski definition) is 0. The van der Waals surface area contributed by atoms with E-state index >= 15 is 0 Å². The summed E-state index contributed by atoms with van der Waals surface area (Å²) in [5, 5.41) is 0.256. The zero-order valence-corrected chi connectivity index (χ0v) is 34.3. The molecule has 3 fully saturated rings. The molecule has 4 rings (SSSR count). The number of fused-ring (bicyclic) bond motifs is 4. The summed E-state index contributed by atoms with van der Waals surface area (Å²) in [6.45, 7) is 35.4. The van der Waals surface area contributed by atoms with Gasteiger partial charge in [-0.1, -0.05) is 80.1 Å². The van der Waals surface area contributed by atoms with Crippen molar-refractivity contribution in [1.82, 2.24) is 0 Å². The fourth-order valence-corrected chi connectivity index (χ4v) is 11.4. The van der Waals surface area contributed by atoms with Crippen molar-refractivity contribution in [3.63, 3.8) is 0 Å². The van der Waals surface area contributed by atoms with Crippen LogP contribution in [0.4, 0.5) is 4.79 Å². The van der Waals surface area contributed by atoms with E-state index in [0.717, 1.165) is 32.1 Å². The number of hydrogen-bond acceptors (Lipinski definition) is 4. The number of allylic oxidation sites excluding steroid dienone is 4. The summed E-state index contributed by atoms with van der Waals surface area (Å²) in [6, 6.07) is 0. The minimum Gasteiger partial charge on any atom is -0.547 e. The molecule has 4 aliphatic rings. The van der Waals surface area contributed by atoms with E-state index in [0.29, 0.717) is 29.6 Å². The van der Waals surface area contributed by atoms with Crippen LogP contribution in [0, 0.1) is 57.3 Å². The van der Waals surface area contributed by atoms with Crippen LogP contribution in [0.15, 0.2) is 23.5 Å². The summed E-state index contributed by atoms with van der Waals surface area (Å²) < 4.78 is 18.7. The predicted molar refractivity (Wildman–Crippen MR) is 197 cm³/mol. The molecule has 0 radical (unpaired) electrons. The highest BCUT2D eigenvalue weighted by Gasteiger charge is 2.68. The number of carbonyl (C=O) groups is 1. The second-order valence-electron chi connectivity index (χ2n) is 19.6. The fraction of sp³-hybridized carbons (Fsp3) is 0.825. The quantitative estimate of drug-likeness (QED) is 0.106. The largest absolute Gasteiger partial charge is 0.547 e. The molecule has 0 aromatic heterocycles. The van der Waals surface area contributed by atoms with Crippen LogP contribution in [0.5, 0.6) is 0 Å².